The van der Waals surface area contributed by atoms with Crippen LogP contribution >= 0.6 is 0 Å². The van der Waals surface area contributed by atoms with Gasteiger partial charge >= 0.3 is 6.18 Å². The van der Waals surface area contributed by atoms with Gasteiger partial charge in [-0.3, -0.25) is 4.79 Å². The molecule has 126 valence electrons. The summed E-state index contributed by atoms with van der Waals surface area (Å²) in [5, 5.41) is 6.17. The number of aryl methyl sites for hydroxylation is 1. The molecular weight excluding hydrogens is 313 g/mol. The number of halogens is 3. The zero-order valence-electron chi connectivity index (χ0n) is 13.0. The van der Waals surface area contributed by atoms with Crippen LogP contribution in [0.3, 0.4) is 0 Å². The molecule has 2 aromatic rings. The van der Waals surface area contributed by atoms with Crippen molar-refractivity contribution in [3.63, 3.8) is 0 Å². The van der Waals surface area contributed by atoms with E-state index in [0.29, 0.717) is 31.0 Å². The first-order chi connectivity index (χ1) is 10.7. The van der Waals surface area contributed by atoms with E-state index in [1.807, 2.05) is 0 Å². The van der Waals surface area contributed by atoms with Crippen LogP contribution in [-0.2, 0) is 11.0 Å². The third-order valence-electron chi connectivity index (χ3n) is 3.11. The average molecular weight is 330 g/mol. The maximum absolute atomic E-state index is 12.8. The first kappa shape index (κ1) is 17.0. The number of nitrogens with one attached hydrogen (secondary N) is 1. The van der Waals surface area contributed by atoms with E-state index in [9.17, 15) is 18.0 Å². The Hall–Kier alpha value is -2.39. The average Bonchev–Trinajstić information content (AvgIpc) is 2.85. The largest absolute Gasteiger partial charge is 0.453 e. The maximum atomic E-state index is 12.8. The van der Waals surface area contributed by atoms with Gasteiger partial charge in [-0.15, -0.1) is 5.10 Å². The number of aromatic nitrogens is 4. The normalized spacial score (nSPS) is 11.7. The van der Waals surface area contributed by atoms with Crippen LogP contribution in [0.4, 0.5) is 19.0 Å². The molecule has 1 N–H and O–H groups in total. The van der Waals surface area contributed by atoms with Crippen LogP contribution in [0.25, 0.3) is 5.78 Å². The monoisotopic (exact) mass is 330 g/mol. The van der Waals surface area contributed by atoms with E-state index < -0.39 is 12.0 Å². The number of carbonyl (C=O) groups excluding carboxylic acids is 1. The molecule has 0 saturated carbocycles. The number of fused-ring (bicyclic) bond motifs is 1. The summed E-state index contributed by atoms with van der Waals surface area (Å²) in [5.41, 5.74) is 0.544. The van der Waals surface area contributed by atoms with Crippen molar-refractivity contribution in [2.24, 2.45) is 0 Å². The summed E-state index contributed by atoms with van der Waals surface area (Å²) in [6.45, 7) is 4.11. The molecule has 23 heavy (non-hydrogen) atoms. The van der Waals surface area contributed by atoms with Crippen LogP contribution in [0.1, 0.15) is 24.9 Å². The van der Waals surface area contributed by atoms with Crippen molar-refractivity contribution in [3.8, 4) is 0 Å². The highest BCUT2D eigenvalue weighted by Crippen LogP contribution is 2.27. The molecule has 0 aliphatic heterocycles. The fourth-order valence-electron chi connectivity index (χ4n) is 2.06. The molecular formula is C13H17F3N6O. The van der Waals surface area contributed by atoms with Gasteiger partial charge in [-0.05, 0) is 13.3 Å². The molecule has 0 saturated heterocycles. The maximum Gasteiger partial charge on any atom is 0.453 e. The van der Waals surface area contributed by atoms with Gasteiger partial charge in [0, 0.05) is 38.8 Å². The molecule has 2 rings (SSSR count). The lowest BCUT2D eigenvalue weighted by Crippen LogP contribution is -2.27. The highest BCUT2D eigenvalue weighted by molar-refractivity contribution is 5.72. The minimum atomic E-state index is -4.62. The van der Waals surface area contributed by atoms with Crippen molar-refractivity contribution in [1.82, 2.24) is 24.9 Å². The van der Waals surface area contributed by atoms with Crippen LogP contribution in [-0.4, -0.2) is 45.6 Å². The summed E-state index contributed by atoms with van der Waals surface area (Å²) in [6.07, 6.45) is -3.98. The molecule has 0 aliphatic carbocycles. The third-order valence-corrected chi connectivity index (χ3v) is 3.11. The summed E-state index contributed by atoms with van der Waals surface area (Å²) in [5.74, 6) is -0.983. The highest BCUT2D eigenvalue weighted by atomic mass is 19.4. The Morgan fingerprint density at radius 2 is 2.09 bits per heavy atom. The van der Waals surface area contributed by atoms with Crippen LogP contribution in [0, 0.1) is 6.92 Å². The molecule has 0 radical (unpaired) electrons. The number of hydrogen-bond acceptors (Lipinski definition) is 5. The molecule has 10 heteroatoms. The van der Waals surface area contributed by atoms with E-state index in [-0.39, 0.29) is 11.7 Å². The van der Waals surface area contributed by atoms with Gasteiger partial charge in [0.1, 0.15) is 5.82 Å². The summed E-state index contributed by atoms with van der Waals surface area (Å²) in [7, 11) is 1.73. The van der Waals surface area contributed by atoms with Crippen molar-refractivity contribution in [2.75, 3.05) is 25.0 Å². The predicted molar refractivity (Wildman–Crippen MR) is 77.1 cm³/mol. The topological polar surface area (TPSA) is 75.4 Å². The van der Waals surface area contributed by atoms with Crippen LogP contribution in [0.2, 0.25) is 0 Å². The van der Waals surface area contributed by atoms with Crippen LogP contribution < -0.4 is 10.2 Å². The summed E-state index contributed by atoms with van der Waals surface area (Å²) >= 11 is 0. The molecule has 1 amide bonds. The predicted octanol–water partition coefficient (Wildman–Crippen LogP) is 1.41. The quantitative estimate of drug-likeness (QED) is 0.839. The van der Waals surface area contributed by atoms with Crippen molar-refractivity contribution in [1.29, 1.82) is 0 Å². The van der Waals surface area contributed by atoms with E-state index in [4.69, 9.17) is 0 Å². The van der Waals surface area contributed by atoms with Gasteiger partial charge in [-0.1, -0.05) is 0 Å². The molecule has 0 fully saturated rings. The first-order valence-corrected chi connectivity index (χ1v) is 6.95. The Bertz CT molecular complexity index is 712. The Morgan fingerprint density at radius 3 is 2.70 bits per heavy atom. The number of amides is 1. The molecule has 7 nitrogen and oxygen atoms in total. The number of alkyl halides is 3. The van der Waals surface area contributed by atoms with E-state index >= 15 is 0 Å². The second-order valence-electron chi connectivity index (χ2n) is 5.16. The van der Waals surface area contributed by atoms with Crippen molar-refractivity contribution in [2.45, 2.75) is 26.4 Å². The molecule has 2 heterocycles. The SMILES string of the molecule is CC(=O)NCCCN(C)c1cc(C)nc2nc(C(F)(F)F)nn12. The van der Waals surface area contributed by atoms with Gasteiger partial charge < -0.3 is 10.2 Å². The summed E-state index contributed by atoms with van der Waals surface area (Å²) in [4.78, 5) is 20.0. The molecule has 0 spiro atoms. The van der Waals surface area contributed by atoms with Gasteiger partial charge in [-0.25, -0.2) is 4.98 Å². The van der Waals surface area contributed by atoms with Crippen molar-refractivity contribution in [3.05, 3.63) is 17.6 Å². The van der Waals surface area contributed by atoms with Crippen molar-refractivity contribution < 1.29 is 18.0 Å². The lowest BCUT2D eigenvalue weighted by atomic mass is 10.3. The summed E-state index contributed by atoms with van der Waals surface area (Å²) in [6, 6.07) is 1.64. The Morgan fingerprint density at radius 1 is 1.39 bits per heavy atom. The van der Waals surface area contributed by atoms with Gasteiger partial charge in [0.2, 0.25) is 5.91 Å². The van der Waals surface area contributed by atoms with Gasteiger partial charge in [0.25, 0.3) is 11.6 Å². The lowest BCUT2D eigenvalue weighted by molar-refractivity contribution is -0.144. The Kier molecular flexibility index (Phi) is 4.71. The zero-order chi connectivity index (χ0) is 17.2. The lowest BCUT2D eigenvalue weighted by Gasteiger charge is -2.20. The third kappa shape index (κ3) is 4.08. The molecule has 0 aliphatic rings. The molecule has 0 atom stereocenters. The van der Waals surface area contributed by atoms with E-state index in [1.54, 1.807) is 24.9 Å². The summed E-state index contributed by atoms with van der Waals surface area (Å²) < 4.78 is 39.4. The van der Waals surface area contributed by atoms with E-state index in [1.165, 1.54) is 6.92 Å². The fraction of sp³-hybridized carbons (Fsp3) is 0.538. The molecule has 0 aromatic carbocycles. The van der Waals surface area contributed by atoms with Gasteiger partial charge in [-0.2, -0.15) is 22.7 Å². The minimum Gasteiger partial charge on any atom is -0.359 e. The molecule has 0 bridgehead atoms. The van der Waals surface area contributed by atoms with Crippen molar-refractivity contribution >= 4 is 17.5 Å². The Labute approximate surface area is 130 Å². The first-order valence-electron chi connectivity index (χ1n) is 6.95. The Balaban J connectivity index is 2.25. The highest BCUT2D eigenvalue weighted by Gasteiger charge is 2.37. The second kappa shape index (κ2) is 6.39. The smallest absolute Gasteiger partial charge is 0.359 e. The molecule has 0 unspecified atom stereocenters. The van der Waals surface area contributed by atoms with Crippen LogP contribution in [0.5, 0.6) is 0 Å². The van der Waals surface area contributed by atoms with E-state index in [0.717, 1.165) is 4.52 Å². The zero-order valence-corrected chi connectivity index (χ0v) is 13.0. The van der Waals surface area contributed by atoms with E-state index in [2.05, 4.69) is 20.4 Å². The van der Waals surface area contributed by atoms with Gasteiger partial charge in [0.15, 0.2) is 0 Å². The number of nitrogens with zero attached hydrogens (tertiary/aromatic N) is 5. The second-order valence-corrected chi connectivity index (χ2v) is 5.16. The number of anilines is 1. The number of carbonyl (C=O) groups is 1. The number of rotatable bonds is 5. The van der Waals surface area contributed by atoms with Crippen LogP contribution in [0.15, 0.2) is 6.07 Å². The standard InChI is InChI=1S/C13H17F3N6O/c1-8-7-10(21(3)6-4-5-17-9(2)23)22-12(18-8)19-11(20-22)13(14,15)16/h7H,4-6H2,1-3H3,(H,17,23). The molecule has 2 aromatic heterocycles. The number of hydrogen-bond donors (Lipinski definition) is 1. The van der Waals surface area contributed by atoms with Gasteiger partial charge in [0.05, 0.1) is 0 Å². The minimum absolute atomic E-state index is 0.0963. The fourth-order valence-corrected chi connectivity index (χ4v) is 2.06.